The van der Waals surface area contributed by atoms with Gasteiger partial charge >= 0.3 is 5.97 Å². The van der Waals surface area contributed by atoms with Gasteiger partial charge in [-0.3, -0.25) is 9.59 Å². The van der Waals surface area contributed by atoms with E-state index in [0.717, 1.165) is 38.5 Å². The maximum Gasteiger partial charge on any atom is 0.308 e. The molecular weight excluding hydrogens is 244 g/mol. The first-order valence-corrected chi connectivity index (χ1v) is 7.35. The van der Waals surface area contributed by atoms with Crippen molar-refractivity contribution in [1.82, 2.24) is 5.32 Å². The van der Waals surface area contributed by atoms with Crippen molar-refractivity contribution in [3.8, 4) is 0 Å². The summed E-state index contributed by atoms with van der Waals surface area (Å²) in [5.74, 6) is -0.475. The molecule has 2 fully saturated rings. The number of aliphatic carboxylic acids is 1. The number of hydrogen-bond donors (Lipinski definition) is 3. The van der Waals surface area contributed by atoms with Gasteiger partial charge in [0.05, 0.1) is 5.92 Å². The van der Waals surface area contributed by atoms with Crippen LogP contribution in [0.1, 0.15) is 44.9 Å². The fraction of sp³-hybridized carbons (Fsp3) is 0.857. The number of carbonyl (C=O) groups is 2. The van der Waals surface area contributed by atoms with Crippen molar-refractivity contribution in [1.29, 1.82) is 0 Å². The van der Waals surface area contributed by atoms with Crippen LogP contribution in [0.25, 0.3) is 0 Å². The Hall–Kier alpha value is -1.10. The quantitative estimate of drug-likeness (QED) is 0.603. The van der Waals surface area contributed by atoms with E-state index in [0.29, 0.717) is 18.9 Å². The van der Waals surface area contributed by atoms with Crippen LogP contribution in [-0.4, -0.2) is 29.6 Å². The van der Waals surface area contributed by atoms with Crippen molar-refractivity contribution in [2.75, 3.05) is 6.54 Å². The summed E-state index contributed by atoms with van der Waals surface area (Å²) in [5, 5.41) is 12.3. The summed E-state index contributed by atoms with van der Waals surface area (Å²) in [6.07, 6.45) is 6.26. The van der Waals surface area contributed by atoms with Gasteiger partial charge < -0.3 is 16.2 Å². The van der Waals surface area contributed by atoms with Crippen molar-refractivity contribution in [3.63, 3.8) is 0 Å². The average Bonchev–Trinajstić information content (AvgIpc) is 2.95. The highest BCUT2D eigenvalue weighted by Crippen LogP contribution is 2.48. The third-order valence-corrected chi connectivity index (χ3v) is 4.64. The smallest absolute Gasteiger partial charge is 0.308 e. The maximum atomic E-state index is 11.9. The molecule has 0 aromatic heterocycles. The second kappa shape index (κ2) is 6.37. The van der Waals surface area contributed by atoms with Gasteiger partial charge in [0.1, 0.15) is 0 Å². The highest BCUT2D eigenvalue weighted by atomic mass is 16.4. The van der Waals surface area contributed by atoms with Gasteiger partial charge in [-0.2, -0.15) is 0 Å². The molecule has 1 amide bonds. The Balaban J connectivity index is 1.80. The van der Waals surface area contributed by atoms with Gasteiger partial charge in [-0.05, 0) is 50.5 Å². The molecule has 0 heterocycles. The van der Waals surface area contributed by atoms with Crippen LogP contribution in [0.15, 0.2) is 0 Å². The van der Waals surface area contributed by atoms with Gasteiger partial charge in [-0.1, -0.05) is 6.42 Å². The first-order chi connectivity index (χ1) is 9.13. The van der Waals surface area contributed by atoms with Crippen LogP contribution in [0, 0.1) is 17.8 Å². The first-order valence-electron chi connectivity index (χ1n) is 7.35. The minimum atomic E-state index is -0.749. The lowest BCUT2D eigenvalue weighted by atomic mass is 9.84. The number of nitrogens with two attached hydrogens (primary N) is 1. The summed E-state index contributed by atoms with van der Waals surface area (Å²) in [6, 6.07) is -0.141. The largest absolute Gasteiger partial charge is 0.481 e. The third-order valence-electron chi connectivity index (χ3n) is 4.64. The zero-order valence-corrected chi connectivity index (χ0v) is 11.3. The molecule has 0 radical (unpaired) electrons. The Kier molecular flexibility index (Phi) is 4.80. The molecule has 108 valence electrons. The van der Waals surface area contributed by atoms with Crippen molar-refractivity contribution < 1.29 is 14.7 Å². The molecule has 2 saturated carbocycles. The van der Waals surface area contributed by atoms with Crippen molar-refractivity contribution in [2.24, 2.45) is 23.5 Å². The summed E-state index contributed by atoms with van der Waals surface area (Å²) >= 11 is 0. The van der Waals surface area contributed by atoms with Gasteiger partial charge in [0.15, 0.2) is 0 Å². The summed E-state index contributed by atoms with van der Waals surface area (Å²) in [5.41, 5.74) is 5.40. The second-order valence-electron chi connectivity index (χ2n) is 5.89. The predicted octanol–water partition coefficient (Wildman–Crippen LogP) is 1.12. The van der Waals surface area contributed by atoms with E-state index < -0.39 is 5.97 Å². The summed E-state index contributed by atoms with van der Waals surface area (Å²) in [4.78, 5) is 23.2. The molecular formula is C14H24N2O3. The van der Waals surface area contributed by atoms with E-state index in [-0.39, 0.29) is 23.8 Å². The number of rotatable bonds is 7. The Morgan fingerprint density at radius 2 is 1.89 bits per heavy atom. The standard InChI is InChI=1S/C14H24N2O3/c15-7-3-1-2-4-11(17)16-13-10-6-5-9(8-10)12(13)14(18)19/h9-10,12-13H,1-8,15H2,(H,16,17)(H,18,19). The fourth-order valence-corrected chi connectivity index (χ4v) is 3.72. The van der Waals surface area contributed by atoms with Crippen LogP contribution in [0.3, 0.4) is 0 Å². The lowest BCUT2D eigenvalue weighted by molar-refractivity contribution is -0.144. The molecule has 0 saturated heterocycles. The van der Waals surface area contributed by atoms with Gasteiger partial charge in [0.2, 0.25) is 5.91 Å². The summed E-state index contributed by atoms with van der Waals surface area (Å²) in [6.45, 7) is 0.662. The fourth-order valence-electron chi connectivity index (χ4n) is 3.72. The minimum Gasteiger partial charge on any atom is -0.481 e. The molecule has 2 bridgehead atoms. The predicted molar refractivity (Wildman–Crippen MR) is 71.4 cm³/mol. The van der Waals surface area contributed by atoms with Crippen LogP contribution in [-0.2, 0) is 9.59 Å². The average molecular weight is 268 g/mol. The molecule has 2 rings (SSSR count). The molecule has 4 unspecified atom stereocenters. The molecule has 2 aliphatic rings. The first kappa shape index (κ1) is 14.3. The molecule has 5 nitrogen and oxygen atoms in total. The van der Waals surface area contributed by atoms with E-state index in [2.05, 4.69) is 5.32 Å². The Morgan fingerprint density at radius 3 is 2.58 bits per heavy atom. The van der Waals surface area contributed by atoms with Crippen LogP contribution < -0.4 is 11.1 Å². The number of hydrogen-bond acceptors (Lipinski definition) is 3. The van der Waals surface area contributed by atoms with Crippen molar-refractivity contribution in [2.45, 2.75) is 51.0 Å². The normalized spacial score (nSPS) is 32.5. The lowest BCUT2D eigenvalue weighted by Gasteiger charge is -2.28. The molecule has 4 N–H and O–H groups in total. The molecule has 5 heteroatoms. The van der Waals surface area contributed by atoms with Crippen LogP contribution in [0.2, 0.25) is 0 Å². The van der Waals surface area contributed by atoms with Gasteiger partial charge in [-0.15, -0.1) is 0 Å². The monoisotopic (exact) mass is 268 g/mol. The Labute approximate surface area is 113 Å². The topological polar surface area (TPSA) is 92.4 Å². The SMILES string of the molecule is NCCCCCC(=O)NC1C2CCC(C2)C1C(=O)O. The van der Waals surface area contributed by atoms with Gasteiger partial charge in [0.25, 0.3) is 0 Å². The maximum absolute atomic E-state index is 11.9. The highest BCUT2D eigenvalue weighted by Gasteiger charge is 2.51. The Bertz CT molecular complexity index is 346. The number of carbonyl (C=O) groups excluding carboxylic acids is 1. The number of unbranched alkanes of at least 4 members (excludes halogenated alkanes) is 2. The van der Waals surface area contributed by atoms with E-state index in [4.69, 9.17) is 5.73 Å². The Morgan fingerprint density at radius 1 is 1.16 bits per heavy atom. The third kappa shape index (κ3) is 3.26. The minimum absolute atomic E-state index is 0.000761. The molecule has 2 aliphatic carbocycles. The van der Waals surface area contributed by atoms with E-state index in [9.17, 15) is 14.7 Å². The van der Waals surface area contributed by atoms with Crippen molar-refractivity contribution in [3.05, 3.63) is 0 Å². The molecule has 0 spiro atoms. The van der Waals surface area contributed by atoms with Crippen molar-refractivity contribution >= 4 is 11.9 Å². The number of nitrogens with one attached hydrogen (secondary N) is 1. The van der Waals surface area contributed by atoms with E-state index in [1.54, 1.807) is 0 Å². The van der Waals surface area contributed by atoms with E-state index in [1.807, 2.05) is 0 Å². The van der Waals surface area contributed by atoms with Crippen LogP contribution >= 0.6 is 0 Å². The zero-order valence-electron chi connectivity index (χ0n) is 11.3. The number of carboxylic acids is 1. The molecule has 4 atom stereocenters. The number of amides is 1. The molecule has 19 heavy (non-hydrogen) atoms. The zero-order chi connectivity index (χ0) is 13.8. The molecule has 0 aliphatic heterocycles. The summed E-state index contributed by atoms with van der Waals surface area (Å²) < 4.78 is 0. The van der Waals surface area contributed by atoms with Gasteiger partial charge in [-0.25, -0.2) is 0 Å². The van der Waals surface area contributed by atoms with Crippen LogP contribution in [0.5, 0.6) is 0 Å². The number of carboxylic acid groups (broad SMARTS) is 1. The second-order valence-corrected chi connectivity index (χ2v) is 5.89. The van der Waals surface area contributed by atoms with Crippen LogP contribution in [0.4, 0.5) is 0 Å². The number of fused-ring (bicyclic) bond motifs is 2. The highest BCUT2D eigenvalue weighted by molar-refractivity contribution is 5.78. The molecule has 0 aromatic carbocycles. The molecule has 0 aromatic rings. The lowest BCUT2D eigenvalue weighted by Crippen LogP contribution is -2.46. The summed E-state index contributed by atoms with van der Waals surface area (Å²) in [7, 11) is 0. The van der Waals surface area contributed by atoms with E-state index >= 15 is 0 Å². The van der Waals surface area contributed by atoms with E-state index in [1.165, 1.54) is 0 Å². The van der Waals surface area contributed by atoms with Gasteiger partial charge in [0, 0.05) is 12.5 Å².